The number of halogens is 1. The zero-order chi connectivity index (χ0) is 9.84. The van der Waals surface area contributed by atoms with E-state index in [4.69, 9.17) is 41.8 Å². The summed E-state index contributed by atoms with van der Waals surface area (Å²) in [7, 11) is 0. The van der Waals surface area contributed by atoms with Crippen LogP contribution in [0.3, 0.4) is 0 Å². The fourth-order valence-electron chi connectivity index (χ4n) is 0.746. The lowest BCUT2D eigenvalue weighted by molar-refractivity contribution is 1.65. The van der Waals surface area contributed by atoms with Gasteiger partial charge in [-0.1, -0.05) is 48.2 Å². The molecule has 0 aromatic heterocycles. The van der Waals surface area contributed by atoms with E-state index in [0.29, 0.717) is 15.7 Å². The number of para-hydroxylation sites is 1. The van der Waals surface area contributed by atoms with Crippen molar-refractivity contribution in [1.29, 1.82) is 0 Å². The predicted molar refractivity (Wildman–Crippen MR) is 64.5 cm³/mol. The van der Waals surface area contributed by atoms with Crippen LogP contribution in [0.15, 0.2) is 24.3 Å². The normalized spacial score (nSPS) is 9.31. The summed E-state index contributed by atoms with van der Waals surface area (Å²) in [6.07, 6.45) is 0. The number of rotatable bonds is 1. The van der Waals surface area contributed by atoms with Crippen LogP contribution in [0.5, 0.6) is 0 Å². The minimum atomic E-state index is 0.162. The Labute approximate surface area is 92.1 Å². The summed E-state index contributed by atoms with van der Waals surface area (Å²) in [5.74, 6) is 0. The maximum atomic E-state index is 5.87. The van der Waals surface area contributed by atoms with Gasteiger partial charge in [-0.05, 0) is 12.1 Å². The van der Waals surface area contributed by atoms with Gasteiger partial charge in [0.25, 0.3) is 0 Å². The van der Waals surface area contributed by atoms with Crippen molar-refractivity contribution in [2.45, 2.75) is 0 Å². The summed E-state index contributed by atoms with van der Waals surface area (Å²) in [5, 5.41) is 3.43. The Morgan fingerprint density at radius 1 is 1.31 bits per heavy atom. The molecule has 1 aromatic rings. The molecule has 1 rings (SSSR count). The van der Waals surface area contributed by atoms with Gasteiger partial charge < -0.3 is 11.1 Å². The van der Waals surface area contributed by atoms with Crippen molar-refractivity contribution in [3.8, 4) is 0 Å². The molecule has 13 heavy (non-hydrogen) atoms. The van der Waals surface area contributed by atoms with Crippen molar-refractivity contribution in [2.75, 3.05) is 5.32 Å². The molecule has 5 heteroatoms. The first-order chi connectivity index (χ1) is 6.11. The maximum Gasteiger partial charge on any atom is 0.138 e. The van der Waals surface area contributed by atoms with Gasteiger partial charge >= 0.3 is 0 Å². The third kappa shape index (κ3) is 2.91. The first-order valence-electron chi connectivity index (χ1n) is 3.46. The molecule has 0 aliphatic carbocycles. The van der Waals surface area contributed by atoms with Gasteiger partial charge in [0.05, 0.1) is 10.7 Å². The first-order valence-corrected chi connectivity index (χ1v) is 4.66. The predicted octanol–water partition coefficient (Wildman–Crippen LogP) is 2.37. The molecule has 0 saturated carbocycles. The van der Waals surface area contributed by atoms with Gasteiger partial charge in [-0.25, -0.2) is 0 Å². The molecule has 0 unspecified atom stereocenters. The van der Waals surface area contributed by atoms with Crippen molar-refractivity contribution in [1.82, 2.24) is 0 Å². The van der Waals surface area contributed by atoms with E-state index in [9.17, 15) is 0 Å². The zero-order valence-electron chi connectivity index (χ0n) is 6.58. The highest BCUT2D eigenvalue weighted by Crippen LogP contribution is 2.20. The summed E-state index contributed by atoms with van der Waals surface area (Å²) in [6.45, 7) is 0. The third-order valence-corrected chi connectivity index (χ3v) is 2.33. The fraction of sp³-hybridized carbons (Fsp3) is 0. The van der Waals surface area contributed by atoms with Crippen LogP contribution in [0.1, 0.15) is 0 Å². The smallest absolute Gasteiger partial charge is 0.138 e. The van der Waals surface area contributed by atoms with E-state index in [1.807, 2.05) is 12.1 Å². The maximum absolute atomic E-state index is 5.87. The number of hydrogen-bond acceptors (Lipinski definition) is 2. The first kappa shape index (κ1) is 10.4. The lowest BCUT2D eigenvalue weighted by Crippen LogP contribution is -2.26. The van der Waals surface area contributed by atoms with Crippen molar-refractivity contribution in [3.63, 3.8) is 0 Å². The quantitative estimate of drug-likeness (QED) is 0.727. The van der Waals surface area contributed by atoms with E-state index < -0.39 is 0 Å². The third-order valence-electron chi connectivity index (χ3n) is 1.35. The second-order valence-corrected chi connectivity index (χ2v) is 3.55. The molecule has 0 aliphatic heterocycles. The van der Waals surface area contributed by atoms with Crippen LogP contribution < -0.4 is 11.1 Å². The molecule has 3 N–H and O–H groups in total. The molecule has 0 aliphatic rings. The molecular formula is C8H7ClN2S2. The Morgan fingerprint density at radius 2 is 1.92 bits per heavy atom. The van der Waals surface area contributed by atoms with E-state index in [1.165, 1.54) is 0 Å². The number of nitrogens with one attached hydrogen (secondary N) is 1. The van der Waals surface area contributed by atoms with Gasteiger partial charge in [-0.15, -0.1) is 0 Å². The largest absolute Gasteiger partial charge is 0.388 e. The summed E-state index contributed by atoms with van der Waals surface area (Å²) >= 11 is 15.4. The standard InChI is InChI=1S/C8H7ClN2S2/c9-5-3-1-2-4-6(5)11-8(13)7(10)12/h1-4H,(H2,10,12)(H,11,13). The molecule has 0 spiro atoms. The minimum absolute atomic E-state index is 0.162. The Hall–Kier alpha value is -0.710. The Bertz CT molecular complexity index is 352. The number of anilines is 1. The SMILES string of the molecule is NC(=S)C(=S)Nc1ccccc1Cl. The molecule has 0 saturated heterocycles. The molecule has 0 atom stereocenters. The van der Waals surface area contributed by atoms with Crippen molar-refractivity contribution in [2.24, 2.45) is 5.73 Å². The lowest BCUT2D eigenvalue weighted by atomic mass is 10.3. The van der Waals surface area contributed by atoms with Crippen molar-refractivity contribution >= 4 is 51.7 Å². The average molecular weight is 231 g/mol. The topological polar surface area (TPSA) is 38.0 Å². The summed E-state index contributed by atoms with van der Waals surface area (Å²) in [4.78, 5) is 0.484. The van der Waals surface area contributed by atoms with Crippen LogP contribution in [0, 0.1) is 0 Å². The Balaban J connectivity index is 2.81. The van der Waals surface area contributed by atoms with Gasteiger partial charge in [0.2, 0.25) is 0 Å². The summed E-state index contributed by atoms with van der Waals surface area (Å²) in [5.41, 5.74) is 6.03. The number of hydrogen-bond donors (Lipinski definition) is 2. The van der Waals surface area contributed by atoms with Crippen LogP contribution in [-0.4, -0.2) is 9.98 Å². The van der Waals surface area contributed by atoms with Gasteiger partial charge in [-0.2, -0.15) is 0 Å². The van der Waals surface area contributed by atoms with Gasteiger partial charge in [0.1, 0.15) is 9.98 Å². The van der Waals surface area contributed by atoms with Gasteiger partial charge in [-0.3, -0.25) is 0 Å². The summed E-state index contributed by atoms with van der Waals surface area (Å²) < 4.78 is 0. The van der Waals surface area contributed by atoms with Crippen molar-refractivity contribution in [3.05, 3.63) is 29.3 Å². The summed E-state index contributed by atoms with van der Waals surface area (Å²) in [6, 6.07) is 7.23. The molecule has 0 radical (unpaired) electrons. The number of thiocarbonyl (C=S) groups is 2. The van der Waals surface area contributed by atoms with E-state index in [0.717, 1.165) is 0 Å². The molecular weight excluding hydrogens is 224 g/mol. The highest BCUT2D eigenvalue weighted by Gasteiger charge is 2.02. The monoisotopic (exact) mass is 230 g/mol. The molecule has 0 bridgehead atoms. The lowest BCUT2D eigenvalue weighted by Gasteiger charge is -2.07. The van der Waals surface area contributed by atoms with Crippen LogP contribution in [0.4, 0.5) is 5.69 Å². The minimum Gasteiger partial charge on any atom is -0.388 e. The molecule has 0 heterocycles. The molecule has 0 fully saturated rings. The van der Waals surface area contributed by atoms with E-state index in [1.54, 1.807) is 12.1 Å². The van der Waals surface area contributed by atoms with E-state index >= 15 is 0 Å². The van der Waals surface area contributed by atoms with Gasteiger partial charge in [0.15, 0.2) is 0 Å². The van der Waals surface area contributed by atoms with E-state index in [2.05, 4.69) is 5.32 Å². The number of nitrogens with two attached hydrogens (primary N) is 1. The molecule has 68 valence electrons. The fourth-order valence-corrected chi connectivity index (χ4v) is 1.09. The van der Waals surface area contributed by atoms with Crippen molar-refractivity contribution < 1.29 is 0 Å². The zero-order valence-corrected chi connectivity index (χ0v) is 8.97. The Kier molecular flexibility index (Phi) is 3.59. The molecule has 2 nitrogen and oxygen atoms in total. The van der Waals surface area contributed by atoms with Gasteiger partial charge in [0, 0.05) is 0 Å². The van der Waals surface area contributed by atoms with Crippen LogP contribution in [-0.2, 0) is 0 Å². The second-order valence-electron chi connectivity index (χ2n) is 2.30. The molecule has 1 aromatic carbocycles. The highest BCUT2D eigenvalue weighted by molar-refractivity contribution is 7.89. The molecule has 0 amide bonds. The Morgan fingerprint density at radius 3 is 2.46 bits per heavy atom. The van der Waals surface area contributed by atoms with Crippen LogP contribution >= 0.6 is 36.0 Å². The second kappa shape index (κ2) is 4.50. The average Bonchev–Trinajstić information content (AvgIpc) is 2.08. The van der Waals surface area contributed by atoms with E-state index in [-0.39, 0.29) is 4.99 Å². The number of benzene rings is 1. The van der Waals surface area contributed by atoms with Crippen LogP contribution in [0.25, 0.3) is 0 Å². The highest BCUT2D eigenvalue weighted by atomic mass is 35.5. The van der Waals surface area contributed by atoms with Crippen LogP contribution in [0.2, 0.25) is 5.02 Å².